The standard InChI is InChI=1S/C9H13NO2S3/c1-6-7(8(11)12)15-9(10-6)14-5-3-4-13-2/h3-5H2,1-2H3,(H,11,12). The zero-order valence-corrected chi connectivity index (χ0v) is 11.1. The van der Waals surface area contributed by atoms with Crippen LogP contribution in [0.25, 0.3) is 0 Å². The van der Waals surface area contributed by atoms with E-state index < -0.39 is 5.97 Å². The van der Waals surface area contributed by atoms with Crippen molar-refractivity contribution in [2.75, 3.05) is 17.8 Å². The summed E-state index contributed by atoms with van der Waals surface area (Å²) in [7, 11) is 0. The molecule has 0 aliphatic heterocycles. The van der Waals surface area contributed by atoms with Crippen LogP contribution in [-0.4, -0.2) is 33.8 Å². The van der Waals surface area contributed by atoms with Gasteiger partial charge in [0.2, 0.25) is 0 Å². The van der Waals surface area contributed by atoms with Crippen molar-refractivity contribution in [2.24, 2.45) is 0 Å². The van der Waals surface area contributed by atoms with E-state index in [4.69, 9.17) is 5.11 Å². The van der Waals surface area contributed by atoms with Gasteiger partial charge in [-0.15, -0.1) is 11.3 Å². The number of aromatic nitrogens is 1. The molecule has 0 fully saturated rings. The molecule has 1 N–H and O–H groups in total. The van der Waals surface area contributed by atoms with Crippen molar-refractivity contribution in [3.8, 4) is 0 Å². The lowest BCUT2D eigenvalue weighted by atomic mass is 10.4. The van der Waals surface area contributed by atoms with Crippen LogP contribution < -0.4 is 0 Å². The van der Waals surface area contributed by atoms with Gasteiger partial charge in [0.15, 0.2) is 4.34 Å². The number of thioether (sulfide) groups is 2. The van der Waals surface area contributed by atoms with E-state index in [9.17, 15) is 4.79 Å². The van der Waals surface area contributed by atoms with Gasteiger partial charge in [-0.2, -0.15) is 11.8 Å². The van der Waals surface area contributed by atoms with E-state index in [1.165, 1.54) is 11.3 Å². The van der Waals surface area contributed by atoms with E-state index in [-0.39, 0.29) is 0 Å². The second kappa shape index (κ2) is 6.40. The van der Waals surface area contributed by atoms with Crippen LogP contribution in [0, 0.1) is 6.92 Å². The molecule has 1 heterocycles. The monoisotopic (exact) mass is 263 g/mol. The topological polar surface area (TPSA) is 50.2 Å². The molecule has 0 aromatic carbocycles. The molecular weight excluding hydrogens is 250 g/mol. The van der Waals surface area contributed by atoms with E-state index in [0.717, 1.165) is 22.3 Å². The van der Waals surface area contributed by atoms with Crippen molar-refractivity contribution in [1.82, 2.24) is 4.98 Å². The number of carboxylic acid groups (broad SMARTS) is 1. The summed E-state index contributed by atoms with van der Waals surface area (Å²) in [5.41, 5.74) is 0.625. The van der Waals surface area contributed by atoms with Crippen LogP contribution in [0.15, 0.2) is 4.34 Å². The summed E-state index contributed by atoms with van der Waals surface area (Å²) < 4.78 is 0.867. The van der Waals surface area contributed by atoms with Crippen molar-refractivity contribution in [2.45, 2.75) is 17.7 Å². The molecule has 0 unspecified atom stereocenters. The maximum atomic E-state index is 10.8. The fourth-order valence-electron chi connectivity index (χ4n) is 0.995. The van der Waals surface area contributed by atoms with Crippen LogP contribution in [0.4, 0.5) is 0 Å². The maximum Gasteiger partial charge on any atom is 0.347 e. The molecule has 0 amide bonds. The Labute approximate surface area is 102 Å². The van der Waals surface area contributed by atoms with Crippen LogP contribution in [0.1, 0.15) is 21.8 Å². The SMILES string of the molecule is CSCCCSc1nc(C)c(C(=O)O)s1. The molecule has 1 rings (SSSR count). The molecule has 0 radical (unpaired) electrons. The Morgan fingerprint density at radius 2 is 2.27 bits per heavy atom. The molecule has 15 heavy (non-hydrogen) atoms. The van der Waals surface area contributed by atoms with E-state index in [2.05, 4.69) is 11.2 Å². The summed E-state index contributed by atoms with van der Waals surface area (Å²) in [5, 5.41) is 8.85. The summed E-state index contributed by atoms with van der Waals surface area (Å²) in [4.78, 5) is 15.4. The number of aryl methyl sites for hydroxylation is 1. The lowest BCUT2D eigenvalue weighted by Crippen LogP contribution is -1.94. The second-order valence-electron chi connectivity index (χ2n) is 2.89. The van der Waals surface area contributed by atoms with Crippen molar-refractivity contribution in [3.63, 3.8) is 0 Å². The minimum Gasteiger partial charge on any atom is -0.477 e. The number of thiazole rings is 1. The molecule has 0 atom stereocenters. The maximum absolute atomic E-state index is 10.8. The molecule has 84 valence electrons. The highest BCUT2D eigenvalue weighted by molar-refractivity contribution is 8.01. The molecule has 0 aliphatic carbocycles. The van der Waals surface area contributed by atoms with Crippen LogP contribution in [-0.2, 0) is 0 Å². The van der Waals surface area contributed by atoms with Crippen molar-refractivity contribution in [1.29, 1.82) is 0 Å². The van der Waals surface area contributed by atoms with Gasteiger partial charge in [-0.1, -0.05) is 11.8 Å². The van der Waals surface area contributed by atoms with Crippen LogP contribution >= 0.6 is 34.9 Å². The molecule has 0 saturated heterocycles. The minimum absolute atomic E-state index is 0.363. The van der Waals surface area contributed by atoms with E-state index in [1.807, 2.05) is 11.8 Å². The Kier molecular flexibility index (Phi) is 5.49. The zero-order valence-electron chi connectivity index (χ0n) is 8.65. The summed E-state index contributed by atoms with van der Waals surface area (Å²) in [6.45, 7) is 1.74. The first-order chi connectivity index (χ1) is 7.15. The summed E-state index contributed by atoms with van der Waals surface area (Å²) in [5.74, 6) is 1.27. The highest BCUT2D eigenvalue weighted by atomic mass is 32.2. The van der Waals surface area contributed by atoms with Crippen molar-refractivity contribution >= 4 is 40.8 Å². The number of aromatic carboxylic acids is 1. The molecular formula is C9H13NO2S3. The van der Waals surface area contributed by atoms with E-state index >= 15 is 0 Å². The third-order valence-corrected chi connectivity index (χ3v) is 4.76. The van der Waals surface area contributed by atoms with Gasteiger partial charge in [-0.3, -0.25) is 0 Å². The lowest BCUT2D eigenvalue weighted by molar-refractivity contribution is 0.0701. The third-order valence-electron chi connectivity index (χ3n) is 1.69. The van der Waals surface area contributed by atoms with Gasteiger partial charge < -0.3 is 5.11 Å². The van der Waals surface area contributed by atoms with Crippen LogP contribution in [0.5, 0.6) is 0 Å². The third kappa shape index (κ3) is 4.04. The summed E-state index contributed by atoms with van der Waals surface area (Å²) >= 11 is 4.74. The van der Waals surface area contributed by atoms with Crippen LogP contribution in [0.2, 0.25) is 0 Å². The summed E-state index contributed by atoms with van der Waals surface area (Å²) in [6, 6.07) is 0. The molecule has 0 aliphatic rings. The lowest BCUT2D eigenvalue weighted by Gasteiger charge is -1.95. The number of nitrogens with zero attached hydrogens (tertiary/aromatic N) is 1. The number of hydrogen-bond acceptors (Lipinski definition) is 5. The number of hydrogen-bond donors (Lipinski definition) is 1. The second-order valence-corrected chi connectivity index (χ2v) is 6.22. The number of carboxylic acids is 1. The Morgan fingerprint density at radius 3 is 2.80 bits per heavy atom. The number of rotatable bonds is 6. The van der Waals surface area contributed by atoms with Gasteiger partial charge in [-0.25, -0.2) is 9.78 Å². The van der Waals surface area contributed by atoms with Gasteiger partial charge in [0.25, 0.3) is 0 Å². The molecule has 0 spiro atoms. The van der Waals surface area contributed by atoms with Crippen molar-refractivity contribution in [3.05, 3.63) is 10.6 Å². The van der Waals surface area contributed by atoms with E-state index in [1.54, 1.807) is 18.7 Å². The van der Waals surface area contributed by atoms with Gasteiger partial charge >= 0.3 is 5.97 Å². The smallest absolute Gasteiger partial charge is 0.347 e. The normalized spacial score (nSPS) is 10.5. The predicted molar refractivity (Wildman–Crippen MR) is 67.5 cm³/mol. The molecule has 3 nitrogen and oxygen atoms in total. The van der Waals surface area contributed by atoms with E-state index in [0.29, 0.717) is 10.6 Å². The highest BCUT2D eigenvalue weighted by Crippen LogP contribution is 2.27. The fourth-order valence-corrected chi connectivity index (χ4v) is 3.65. The first-order valence-electron chi connectivity index (χ1n) is 4.47. The van der Waals surface area contributed by atoms with Gasteiger partial charge in [-0.05, 0) is 25.4 Å². The quantitative estimate of drug-likeness (QED) is 0.631. The molecule has 0 saturated carbocycles. The first kappa shape index (κ1) is 12.9. The van der Waals surface area contributed by atoms with Gasteiger partial charge in [0, 0.05) is 5.75 Å². The average molecular weight is 263 g/mol. The Balaban J connectivity index is 2.48. The van der Waals surface area contributed by atoms with Gasteiger partial charge in [0.1, 0.15) is 4.88 Å². The fraction of sp³-hybridized carbons (Fsp3) is 0.556. The minimum atomic E-state index is -0.874. The predicted octanol–water partition coefficient (Wildman–Crippen LogP) is 2.99. The largest absolute Gasteiger partial charge is 0.477 e. The Hall–Kier alpha value is -0.200. The number of carbonyl (C=O) groups is 1. The summed E-state index contributed by atoms with van der Waals surface area (Å²) in [6.07, 6.45) is 3.22. The molecule has 0 bridgehead atoms. The zero-order chi connectivity index (χ0) is 11.3. The first-order valence-corrected chi connectivity index (χ1v) is 7.67. The van der Waals surface area contributed by atoms with Gasteiger partial charge in [0.05, 0.1) is 5.69 Å². The Morgan fingerprint density at radius 1 is 1.53 bits per heavy atom. The van der Waals surface area contributed by atoms with Crippen LogP contribution in [0.3, 0.4) is 0 Å². The Bertz CT molecular complexity index is 338. The molecule has 6 heteroatoms. The average Bonchev–Trinajstić information content (AvgIpc) is 2.55. The highest BCUT2D eigenvalue weighted by Gasteiger charge is 2.13. The molecule has 1 aromatic heterocycles. The molecule has 1 aromatic rings. The van der Waals surface area contributed by atoms with Crippen molar-refractivity contribution < 1.29 is 9.90 Å².